The first-order valence-corrected chi connectivity index (χ1v) is 7.92. The van der Waals surface area contributed by atoms with E-state index in [-0.39, 0.29) is 12.4 Å². The van der Waals surface area contributed by atoms with E-state index in [1.54, 1.807) is 38.3 Å². The van der Waals surface area contributed by atoms with Gasteiger partial charge in [-0.3, -0.25) is 4.79 Å². The van der Waals surface area contributed by atoms with Crippen molar-refractivity contribution in [1.29, 1.82) is 0 Å². The van der Waals surface area contributed by atoms with Gasteiger partial charge in [-0.1, -0.05) is 0 Å². The highest BCUT2D eigenvalue weighted by Gasteiger charge is 2.20. The van der Waals surface area contributed by atoms with Crippen molar-refractivity contribution in [3.05, 3.63) is 65.1 Å². The van der Waals surface area contributed by atoms with Gasteiger partial charge in [0.15, 0.2) is 11.6 Å². The number of oxazole rings is 1. The number of hydrogen-bond acceptors (Lipinski definition) is 5. The number of ether oxygens (including phenoxy) is 2. The number of nitrogens with two attached hydrogens (primary N) is 1. The van der Waals surface area contributed by atoms with Gasteiger partial charge in [-0.2, -0.15) is 0 Å². The molecule has 0 saturated carbocycles. The molecule has 8 heteroatoms. The Morgan fingerprint density at radius 2 is 1.89 bits per heavy atom. The first-order valence-electron chi connectivity index (χ1n) is 7.92. The van der Waals surface area contributed by atoms with E-state index in [0.717, 1.165) is 17.7 Å². The van der Waals surface area contributed by atoms with Crippen LogP contribution in [0.15, 0.2) is 40.8 Å². The Morgan fingerprint density at radius 1 is 1.19 bits per heavy atom. The Hall–Kier alpha value is -3.42. The number of primary amides is 1. The molecule has 0 radical (unpaired) electrons. The molecule has 0 fully saturated rings. The summed E-state index contributed by atoms with van der Waals surface area (Å²) in [5.41, 5.74) is 5.32. The lowest BCUT2D eigenvalue weighted by atomic mass is 10.1. The van der Waals surface area contributed by atoms with Crippen molar-refractivity contribution in [1.82, 2.24) is 4.98 Å². The quantitative estimate of drug-likeness (QED) is 0.712. The fourth-order valence-electron chi connectivity index (χ4n) is 2.44. The number of nitrogens with zero attached hydrogens (tertiary/aromatic N) is 1. The highest BCUT2D eigenvalue weighted by atomic mass is 19.1. The molecule has 0 saturated heterocycles. The van der Waals surface area contributed by atoms with E-state index in [2.05, 4.69) is 4.98 Å². The summed E-state index contributed by atoms with van der Waals surface area (Å²) in [7, 11) is 1.57. The molecular weight excluding hydrogens is 358 g/mol. The molecular formula is C19H16F2N2O4. The SMILES string of the molecule is COc1ccc(-c2nc(COc3ccc(F)c(C(N)=O)c3F)c(C)o2)cc1. The van der Waals surface area contributed by atoms with Gasteiger partial charge in [-0.25, -0.2) is 13.8 Å². The molecule has 0 spiro atoms. The number of hydrogen-bond donors (Lipinski definition) is 1. The molecule has 2 N–H and O–H groups in total. The first-order chi connectivity index (χ1) is 12.9. The molecule has 3 rings (SSSR count). The van der Waals surface area contributed by atoms with Crippen LogP contribution >= 0.6 is 0 Å². The molecule has 140 valence electrons. The van der Waals surface area contributed by atoms with E-state index >= 15 is 0 Å². The Bertz CT molecular complexity index is 984. The lowest BCUT2D eigenvalue weighted by Gasteiger charge is -2.08. The van der Waals surface area contributed by atoms with E-state index in [4.69, 9.17) is 19.6 Å². The van der Waals surface area contributed by atoms with Crippen LogP contribution in [-0.4, -0.2) is 18.0 Å². The Balaban J connectivity index is 1.80. The standard InChI is InChI=1S/C19H16F2N2O4/c1-10-14(23-19(27-10)11-3-5-12(25-2)6-4-11)9-26-15-8-7-13(20)16(17(15)21)18(22)24/h3-8H,9H2,1-2H3,(H2,22,24). The van der Waals surface area contributed by atoms with Crippen molar-refractivity contribution < 1.29 is 27.5 Å². The van der Waals surface area contributed by atoms with Crippen LogP contribution in [0.5, 0.6) is 11.5 Å². The van der Waals surface area contributed by atoms with Crippen LogP contribution in [0.2, 0.25) is 0 Å². The zero-order valence-electron chi connectivity index (χ0n) is 14.6. The Labute approximate surface area is 153 Å². The van der Waals surface area contributed by atoms with Crippen molar-refractivity contribution in [2.75, 3.05) is 7.11 Å². The van der Waals surface area contributed by atoms with Crippen LogP contribution < -0.4 is 15.2 Å². The van der Waals surface area contributed by atoms with Gasteiger partial charge in [-0.15, -0.1) is 0 Å². The summed E-state index contributed by atoms with van der Waals surface area (Å²) in [6, 6.07) is 9.10. The fraction of sp³-hybridized carbons (Fsp3) is 0.158. The van der Waals surface area contributed by atoms with Crippen molar-refractivity contribution in [3.63, 3.8) is 0 Å². The van der Waals surface area contributed by atoms with E-state index in [0.29, 0.717) is 23.1 Å². The number of halogens is 2. The average Bonchev–Trinajstić information content (AvgIpc) is 3.01. The molecule has 6 nitrogen and oxygen atoms in total. The maximum absolute atomic E-state index is 14.2. The molecule has 1 aromatic heterocycles. The number of benzene rings is 2. The summed E-state index contributed by atoms with van der Waals surface area (Å²) in [5, 5.41) is 0. The second-order valence-corrected chi connectivity index (χ2v) is 5.64. The lowest BCUT2D eigenvalue weighted by Crippen LogP contribution is -2.16. The third kappa shape index (κ3) is 3.74. The second kappa shape index (κ2) is 7.45. The van der Waals surface area contributed by atoms with E-state index < -0.39 is 23.1 Å². The minimum absolute atomic E-state index is 0.133. The van der Waals surface area contributed by atoms with Crippen molar-refractivity contribution in [3.8, 4) is 23.0 Å². The molecule has 0 aliphatic heterocycles. The zero-order valence-corrected chi connectivity index (χ0v) is 14.6. The van der Waals surface area contributed by atoms with Crippen LogP contribution in [0.1, 0.15) is 21.8 Å². The van der Waals surface area contributed by atoms with Crippen LogP contribution in [-0.2, 0) is 6.61 Å². The summed E-state index contributed by atoms with van der Waals surface area (Å²) in [6.45, 7) is 1.56. The monoisotopic (exact) mass is 374 g/mol. The van der Waals surface area contributed by atoms with E-state index in [9.17, 15) is 13.6 Å². The van der Waals surface area contributed by atoms with Crippen LogP contribution in [0.25, 0.3) is 11.5 Å². The third-order valence-electron chi connectivity index (χ3n) is 3.90. The van der Waals surface area contributed by atoms with Crippen LogP contribution in [0, 0.1) is 18.6 Å². The number of amides is 1. The summed E-state index contributed by atoms with van der Waals surface area (Å²) < 4.78 is 43.8. The van der Waals surface area contributed by atoms with Crippen molar-refractivity contribution in [2.45, 2.75) is 13.5 Å². The van der Waals surface area contributed by atoms with E-state index in [1.807, 2.05) is 0 Å². The number of carbonyl (C=O) groups is 1. The summed E-state index contributed by atoms with van der Waals surface area (Å²) in [5.74, 6) is -2.17. The molecule has 0 atom stereocenters. The molecule has 0 aliphatic rings. The molecule has 1 heterocycles. The minimum atomic E-state index is -1.21. The zero-order chi connectivity index (χ0) is 19.6. The average molecular weight is 374 g/mol. The van der Waals surface area contributed by atoms with Gasteiger partial charge in [0, 0.05) is 5.56 Å². The summed E-state index contributed by atoms with van der Waals surface area (Å²) >= 11 is 0. The lowest BCUT2D eigenvalue weighted by molar-refractivity contribution is 0.0991. The minimum Gasteiger partial charge on any atom is -0.497 e. The predicted molar refractivity (Wildman–Crippen MR) is 92.4 cm³/mol. The summed E-state index contributed by atoms with van der Waals surface area (Å²) in [6.07, 6.45) is 0. The normalized spacial score (nSPS) is 10.7. The molecule has 0 unspecified atom stereocenters. The summed E-state index contributed by atoms with van der Waals surface area (Å²) in [4.78, 5) is 15.5. The predicted octanol–water partition coefficient (Wildman–Crippen LogP) is 3.61. The van der Waals surface area contributed by atoms with Gasteiger partial charge in [0.05, 0.1) is 7.11 Å². The first kappa shape index (κ1) is 18.4. The van der Waals surface area contributed by atoms with Crippen LogP contribution in [0.3, 0.4) is 0 Å². The van der Waals surface area contributed by atoms with Gasteiger partial charge in [0.1, 0.15) is 35.2 Å². The number of methoxy groups -OCH3 is 1. The number of carbonyl (C=O) groups excluding carboxylic acids is 1. The number of rotatable bonds is 6. The van der Waals surface area contributed by atoms with Crippen molar-refractivity contribution >= 4 is 5.91 Å². The smallest absolute Gasteiger partial charge is 0.254 e. The van der Waals surface area contributed by atoms with Gasteiger partial charge in [0.25, 0.3) is 5.91 Å². The highest BCUT2D eigenvalue weighted by molar-refractivity contribution is 5.93. The number of aromatic nitrogens is 1. The second-order valence-electron chi connectivity index (χ2n) is 5.64. The van der Waals surface area contributed by atoms with Gasteiger partial charge in [0.2, 0.25) is 5.89 Å². The third-order valence-corrected chi connectivity index (χ3v) is 3.90. The molecule has 2 aromatic carbocycles. The highest BCUT2D eigenvalue weighted by Crippen LogP contribution is 2.27. The molecule has 3 aromatic rings. The van der Waals surface area contributed by atoms with Gasteiger partial charge >= 0.3 is 0 Å². The maximum Gasteiger partial charge on any atom is 0.254 e. The molecule has 0 bridgehead atoms. The van der Waals surface area contributed by atoms with Gasteiger partial charge < -0.3 is 19.6 Å². The van der Waals surface area contributed by atoms with Crippen LogP contribution in [0.4, 0.5) is 8.78 Å². The maximum atomic E-state index is 14.2. The number of aryl methyl sites for hydroxylation is 1. The molecule has 1 amide bonds. The topological polar surface area (TPSA) is 87.6 Å². The molecule has 27 heavy (non-hydrogen) atoms. The fourth-order valence-corrected chi connectivity index (χ4v) is 2.44. The van der Waals surface area contributed by atoms with Crippen molar-refractivity contribution in [2.24, 2.45) is 5.73 Å². The Kier molecular flexibility index (Phi) is 5.07. The van der Waals surface area contributed by atoms with E-state index in [1.165, 1.54) is 0 Å². The van der Waals surface area contributed by atoms with Gasteiger partial charge in [-0.05, 0) is 43.3 Å². The largest absolute Gasteiger partial charge is 0.497 e. The molecule has 0 aliphatic carbocycles. The Morgan fingerprint density at radius 3 is 2.52 bits per heavy atom.